The molecular formula is C10H16O. The van der Waals surface area contributed by atoms with Gasteiger partial charge in [-0.3, -0.25) is 4.79 Å². The molecule has 0 bridgehead atoms. The van der Waals surface area contributed by atoms with E-state index in [-0.39, 0.29) is 11.3 Å². The summed E-state index contributed by atoms with van der Waals surface area (Å²) in [5.41, 5.74) is 0.0852. The van der Waals surface area contributed by atoms with Crippen LogP contribution in [0.4, 0.5) is 0 Å². The molecule has 0 N–H and O–H groups in total. The van der Waals surface area contributed by atoms with E-state index in [4.69, 9.17) is 0 Å². The van der Waals surface area contributed by atoms with E-state index >= 15 is 0 Å². The predicted molar refractivity (Wildman–Crippen MR) is 46.3 cm³/mol. The minimum absolute atomic E-state index is 0.0852. The molecule has 1 nitrogen and oxygen atoms in total. The zero-order chi connectivity index (χ0) is 8.48. The number of allylic oxidation sites excluding steroid dienone is 2. The minimum Gasteiger partial charge on any atom is -0.299 e. The fourth-order valence-electron chi connectivity index (χ4n) is 1.40. The van der Waals surface area contributed by atoms with Gasteiger partial charge in [0.2, 0.25) is 0 Å². The van der Waals surface area contributed by atoms with E-state index in [1.54, 1.807) is 0 Å². The first kappa shape index (κ1) is 8.51. The number of hydrogen-bond acceptors (Lipinski definition) is 1. The summed E-state index contributed by atoms with van der Waals surface area (Å²) in [7, 11) is 0. The number of carbonyl (C=O) groups excluding carboxylic acids is 1. The van der Waals surface area contributed by atoms with Crippen LogP contribution in [-0.4, -0.2) is 5.78 Å². The summed E-state index contributed by atoms with van der Waals surface area (Å²) in [4.78, 5) is 11.4. The molecule has 0 saturated heterocycles. The van der Waals surface area contributed by atoms with E-state index in [9.17, 15) is 4.79 Å². The fraction of sp³-hybridized carbons (Fsp3) is 0.700. The second-order valence-corrected chi connectivity index (χ2v) is 4.17. The number of rotatable bonds is 0. The largest absolute Gasteiger partial charge is 0.299 e. The molecule has 1 heteroatoms. The Bertz CT molecular complexity index is 189. The molecule has 0 heterocycles. The number of ketones is 1. The van der Waals surface area contributed by atoms with E-state index < -0.39 is 0 Å². The summed E-state index contributed by atoms with van der Waals surface area (Å²) in [6.45, 7) is 6.23. The molecule has 0 aromatic rings. The highest BCUT2D eigenvalue weighted by Crippen LogP contribution is 2.28. The van der Waals surface area contributed by atoms with Gasteiger partial charge in [-0.15, -0.1) is 0 Å². The van der Waals surface area contributed by atoms with E-state index in [1.807, 2.05) is 6.92 Å². The molecule has 11 heavy (non-hydrogen) atoms. The molecule has 1 rings (SSSR count). The fourth-order valence-corrected chi connectivity index (χ4v) is 1.40. The Balaban J connectivity index is 2.75. The Morgan fingerprint density at radius 3 is 2.82 bits per heavy atom. The van der Waals surface area contributed by atoms with Gasteiger partial charge in [-0.1, -0.05) is 32.9 Å². The van der Waals surface area contributed by atoms with Crippen LogP contribution in [0.2, 0.25) is 0 Å². The third kappa shape index (κ3) is 2.18. The molecule has 0 unspecified atom stereocenters. The molecule has 62 valence electrons. The second kappa shape index (κ2) is 2.80. The molecule has 0 amide bonds. The van der Waals surface area contributed by atoms with Crippen molar-refractivity contribution in [1.82, 2.24) is 0 Å². The topological polar surface area (TPSA) is 17.1 Å². The highest BCUT2D eigenvalue weighted by Gasteiger charge is 2.24. The van der Waals surface area contributed by atoms with Crippen LogP contribution in [0.3, 0.4) is 0 Å². The van der Waals surface area contributed by atoms with Crippen LogP contribution < -0.4 is 0 Å². The van der Waals surface area contributed by atoms with Crippen LogP contribution >= 0.6 is 0 Å². The molecule has 0 spiro atoms. The Hall–Kier alpha value is -0.590. The van der Waals surface area contributed by atoms with Gasteiger partial charge in [0.1, 0.15) is 5.78 Å². The van der Waals surface area contributed by atoms with E-state index in [2.05, 4.69) is 26.0 Å². The van der Waals surface area contributed by atoms with Crippen molar-refractivity contribution in [2.75, 3.05) is 0 Å². The first-order chi connectivity index (χ1) is 5.01. The number of hydrogen-bond donors (Lipinski definition) is 0. The smallest absolute Gasteiger partial charge is 0.136 e. The average molecular weight is 152 g/mol. The maximum atomic E-state index is 11.4. The molecule has 1 aliphatic carbocycles. The van der Waals surface area contributed by atoms with E-state index in [0.29, 0.717) is 12.2 Å². The molecule has 0 fully saturated rings. The standard InChI is InChI=1S/C10H16O/c1-8-5-4-6-10(2,3)7-9(8)11/h4,6,8H,5,7H2,1-3H3/t8-/m0/s1. The zero-order valence-corrected chi connectivity index (χ0v) is 7.55. The monoisotopic (exact) mass is 152 g/mol. The highest BCUT2D eigenvalue weighted by atomic mass is 16.1. The van der Waals surface area contributed by atoms with Crippen molar-refractivity contribution < 1.29 is 4.79 Å². The summed E-state index contributed by atoms with van der Waals surface area (Å²) in [5.74, 6) is 0.632. The molecule has 0 saturated carbocycles. The molecule has 1 aliphatic rings. The van der Waals surface area contributed by atoms with Gasteiger partial charge in [0.05, 0.1) is 0 Å². The van der Waals surface area contributed by atoms with Gasteiger partial charge in [0.25, 0.3) is 0 Å². The summed E-state index contributed by atoms with van der Waals surface area (Å²) >= 11 is 0. The first-order valence-electron chi connectivity index (χ1n) is 4.22. The summed E-state index contributed by atoms with van der Waals surface area (Å²) in [5, 5.41) is 0. The third-order valence-corrected chi connectivity index (χ3v) is 2.24. The minimum atomic E-state index is 0.0852. The van der Waals surface area contributed by atoms with Crippen molar-refractivity contribution in [3.05, 3.63) is 12.2 Å². The first-order valence-corrected chi connectivity index (χ1v) is 4.22. The lowest BCUT2D eigenvalue weighted by Crippen LogP contribution is -2.16. The van der Waals surface area contributed by atoms with Crippen molar-refractivity contribution in [3.63, 3.8) is 0 Å². The van der Waals surface area contributed by atoms with Gasteiger partial charge in [0.15, 0.2) is 0 Å². The highest BCUT2D eigenvalue weighted by molar-refractivity contribution is 5.82. The van der Waals surface area contributed by atoms with Crippen molar-refractivity contribution >= 4 is 5.78 Å². The van der Waals surface area contributed by atoms with Crippen LogP contribution in [0.1, 0.15) is 33.6 Å². The van der Waals surface area contributed by atoms with Crippen molar-refractivity contribution in [2.45, 2.75) is 33.6 Å². The molecule has 0 aromatic carbocycles. The molecular weight excluding hydrogens is 136 g/mol. The summed E-state index contributed by atoms with van der Waals surface area (Å²) < 4.78 is 0. The Morgan fingerprint density at radius 1 is 1.55 bits per heavy atom. The Morgan fingerprint density at radius 2 is 2.18 bits per heavy atom. The van der Waals surface area contributed by atoms with E-state index in [1.165, 1.54) is 0 Å². The van der Waals surface area contributed by atoms with Gasteiger partial charge < -0.3 is 0 Å². The molecule has 0 aromatic heterocycles. The maximum absolute atomic E-state index is 11.4. The van der Waals surface area contributed by atoms with Gasteiger partial charge in [-0.05, 0) is 11.8 Å². The number of Topliss-reactive ketones (excluding diaryl/α,β-unsaturated/α-hetero) is 1. The SMILES string of the molecule is C[C@H]1CC=CC(C)(C)CC1=O. The van der Waals surface area contributed by atoms with Crippen molar-refractivity contribution in [1.29, 1.82) is 0 Å². The third-order valence-electron chi connectivity index (χ3n) is 2.24. The molecule has 0 aliphatic heterocycles. The van der Waals surface area contributed by atoms with Gasteiger partial charge >= 0.3 is 0 Å². The predicted octanol–water partition coefficient (Wildman–Crippen LogP) is 2.57. The lowest BCUT2D eigenvalue weighted by Gasteiger charge is -2.17. The van der Waals surface area contributed by atoms with Gasteiger partial charge in [-0.25, -0.2) is 0 Å². The summed E-state index contributed by atoms with van der Waals surface area (Å²) in [6.07, 6.45) is 5.91. The maximum Gasteiger partial charge on any atom is 0.136 e. The summed E-state index contributed by atoms with van der Waals surface area (Å²) in [6, 6.07) is 0. The quantitative estimate of drug-likeness (QED) is 0.487. The Kier molecular flexibility index (Phi) is 2.17. The lowest BCUT2D eigenvalue weighted by atomic mass is 9.86. The zero-order valence-electron chi connectivity index (χ0n) is 7.55. The van der Waals surface area contributed by atoms with Gasteiger partial charge in [0, 0.05) is 12.3 Å². The van der Waals surface area contributed by atoms with Gasteiger partial charge in [-0.2, -0.15) is 0 Å². The Labute approximate surface area is 68.5 Å². The number of carbonyl (C=O) groups is 1. The van der Waals surface area contributed by atoms with Crippen LogP contribution in [0.25, 0.3) is 0 Å². The van der Waals surface area contributed by atoms with E-state index in [0.717, 1.165) is 6.42 Å². The lowest BCUT2D eigenvalue weighted by molar-refractivity contribution is -0.123. The molecule has 0 radical (unpaired) electrons. The second-order valence-electron chi connectivity index (χ2n) is 4.17. The van der Waals surface area contributed by atoms with Crippen molar-refractivity contribution in [3.8, 4) is 0 Å². The molecule has 1 atom stereocenters. The van der Waals surface area contributed by atoms with Crippen LogP contribution in [0.15, 0.2) is 12.2 Å². The van der Waals surface area contributed by atoms with Crippen LogP contribution in [-0.2, 0) is 4.79 Å². The van der Waals surface area contributed by atoms with Crippen LogP contribution in [0, 0.1) is 11.3 Å². The normalized spacial score (nSPS) is 30.1. The van der Waals surface area contributed by atoms with Crippen molar-refractivity contribution in [2.24, 2.45) is 11.3 Å². The average Bonchev–Trinajstić information content (AvgIpc) is 1.93. The van der Waals surface area contributed by atoms with Crippen LogP contribution in [0.5, 0.6) is 0 Å².